The van der Waals surface area contributed by atoms with Crippen molar-refractivity contribution in [2.45, 2.75) is 6.18 Å². The number of hydrogen-bond donors (Lipinski definition) is 0. The number of carbonyl (C=O) groups excluding carboxylic acids is 1. The molecule has 6 heteroatoms. The van der Waals surface area contributed by atoms with Gasteiger partial charge in [-0.1, -0.05) is 30.3 Å². The molecule has 0 saturated heterocycles. The van der Waals surface area contributed by atoms with Crippen LogP contribution in [0.3, 0.4) is 0 Å². The average Bonchev–Trinajstić information content (AvgIpc) is 2.90. The standard InChI is InChI=1S/C15H9F3N2O/c16-15(17,18)12-6-11(9-21)14-19-13(8-20(14)7-12)10-4-2-1-3-5-10/h1-9H. The molecule has 0 aliphatic heterocycles. The number of alkyl halides is 3. The van der Waals surface area contributed by atoms with Gasteiger partial charge < -0.3 is 4.40 Å². The van der Waals surface area contributed by atoms with E-state index in [9.17, 15) is 18.0 Å². The molecule has 0 saturated carbocycles. The summed E-state index contributed by atoms with van der Waals surface area (Å²) in [5, 5.41) is 0. The molecule has 21 heavy (non-hydrogen) atoms. The number of aldehydes is 1. The molecule has 0 amide bonds. The Balaban J connectivity index is 2.23. The number of hydrogen-bond acceptors (Lipinski definition) is 2. The number of benzene rings is 1. The Morgan fingerprint density at radius 2 is 1.81 bits per heavy atom. The fourth-order valence-electron chi connectivity index (χ4n) is 2.11. The lowest BCUT2D eigenvalue weighted by atomic mass is 10.2. The molecule has 1 aromatic carbocycles. The predicted octanol–water partition coefficient (Wildman–Crippen LogP) is 3.83. The van der Waals surface area contributed by atoms with Crippen molar-refractivity contribution in [1.29, 1.82) is 0 Å². The first-order valence-corrected chi connectivity index (χ1v) is 6.09. The molecule has 2 aromatic heterocycles. The SMILES string of the molecule is O=Cc1cc(C(F)(F)F)cn2cc(-c3ccccc3)nc12. The maximum Gasteiger partial charge on any atom is 0.417 e. The summed E-state index contributed by atoms with van der Waals surface area (Å²) in [6, 6.07) is 9.85. The summed E-state index contributed by atoms with van der Waals surface area (Å²) in [5.41, 5.74) is 0.516. The zero-order valence-corrected chi connectivity index (χ0v) is 10.6. The van der Waals surface area contributed by atoms with Crippen LogP contribution in [0.5, 0.6) is 0 Å². The van der Waals surface area contributed by atoms with E-state index in [4.69, 9.17) is 0 Å². The first kappa shape index (κ1) is 13.4. The van der Waals surface area contributed by atoms with Crippen LogP contribution >= 0.6 is 0 Å². The van der Waals surface area contributed by atoms with Crippen LogP contribution in [0.4, 0.5) is 13.2 Å². The molecule has 0 radical (unpaired) electrons. The number of aromatic nitrogens is 2. The predicted molar refractivity (Wildman–Crippen MR) is 71.0 cm³/mol. The molecule has 3 aromatic rings. The summed E-state index contributed by atoms with van der Waals surface area (Å²) in [6.45, 7) is 0. The Hall–Kier alpha value is -2.63. The van der Waals surface area contributed by atoms with E-state index in [0.29, 0.717) is 12.0 Å². The van der Waals surface area contributed by atoms with E-state index < -0.39 is 11.7 Å². The maximum atomic E-state index is 12.8. The van der Waals surface area contributed by atoms with Gasteiger partial charge >= 0.3 is 6.18 Å². The highest BCUT2D eigenvalue weighted by molar-refractivity contribution is 5.85. The summed E-state index contributed by atoms with van der Waals surface area (Å²) in [6.07, 6.45) is -1.72. The van der Waals surface area contributed by atoms with E-state index in [2.05, 4.69) is 4.98 Å². The van der Waals surface area contributed by atoms with Crippen LogP contribution in [0.1, 0.15) is 15.9 Å². The third-order valence-electron chi connectivity index (χ3n) is 3.10. The third-order valence-corrected chi connectivity index (χ3v) is 3.10. The Kier molecular flexibility index (Phi) is 3.01. The minimum absolute atomic E-state index is 0.0907. The van der Waals surface area contributed by atoms with Crippen molar-refractivity contribution in [3.8, 4) is 11.3 Å². The van der Waals surface area contributed by atoms with Gasteiger partial charge in [0, 0.05) is 18.0 Å². The minimum atomic E-state index is -4.51. The first-order chi connectivity index (χ1) is 9.99. The summed E-state index contributed by atoms with van der Waals surface area (Å²) < 4.78 is 39.7. The monoisotopic (exact) mass is 290 g/mol. The first-order valence-electron chi connectivity index (χ1n) is 6.09. The Morgan fingerprint density at radius 1 is 1.10 bits per heavy atom. The van der Waals surface area contributed by atoms with Gasteiger partial charge in [-0.15, -0.1) is 0 Å². The van der Waals surface area contributed by atoms with Crippen molar-refractivity contribution in [2.75, 3.05) is 0 Å². The van der Waals surface area contributed by atoms with E-state index in [0.717, 1.165) is 17.8 Å². The van der Waals surface area contributed by atoms with Gasteiger partial charge in [0.15, 0.2) is 6.29 Å². The normalized spacial score (nSPS) is 11.8. The lowest BCUT2D eigenvalue weighted by Crippen LogP contribution is -2.07. The van der Waals surface area contributed by atoms with Gasteiger partial charge in [0.1, 0.15) is 5.65 Å². The average molecular weight is 290 g/mol. The van der Waals surface area contributed by atoms with E-state index in [1.165, 1.54) is 10.6 Å². The topological polar surface area (TPSA) is 34.4 Å². The molecule has 0 aliphatic carbocycles. The number of nitrogens with zero attached hydrogens (tertiary/aromatic N) is 2. The lowest BCUT2D eigenvalue weighted by molar-refractivity contribution is -0.137. The molecule has 3 nitrogen and oxygen atoms in total. The largest absolute Gasteiger partial charge is 0.417 e. The number of carbonyl (C=O) groups is 1. The summed E-state index contributed by atoms with van der Waals surface area (Å²) in [5.74, 6) is 0. The lowest BCUT2D eigenvalue weighted by Gasteiger charge is -2.07. The van der Waals surface area contributed by atoms with Gasteiger partial charge in [-0.3, -0.25) is 4.79 Å². The summed E-state index contributed by atoms with van der Waals surface area (Å²) in [4.78, 5) is 15.3. The highest BCUT2D eigenvalue weighted by atomic mass is 19.4. The van der Waals surface area contributed by atoms with Gasteiger partial charge in [0.2, 0.25) is 0 Å². The molecule has 0 spiro atoms. The molecule has 2 heterocycles. The summed E-state index contributed by atoms with van der Waals surface area (Å²) in [7, 11) is 0. The number of halogens is 3. The Bertz CT molecular complexity index is 807. The van der Waals surface area contributed by atoms with Crippen LogP contribution in [0, 0.1) is 0 Å². The van der Waals surface area contributed by atoms with Crippen LogP contribution in [-0.4, -0.2) is 15.7 Å². The van der Waals surface area contributed by atoms with Gasteiger partial charge in [-0.05, 0) is 6.07 Å². The molecule has 0 bridgehead atoms. The van der Waals surface area contributed by atoms with Crippen LogP contribution in [0.2, 0.25) is 0 Å². The highest BCUT2D eigenvalue weighted by Crippen LogP contribution is 2.31. The molecular weight excluding hydrogens is 281 g/mol. The second kappa shape index (κ2) is 4.73. The van der Waals surface area contributed by atoms with E-state index >= 15 is 0 Å². The molecule has 0 atom stereocenters. The van der Waals surface area contributed by atoms with Crippen LogP contribution in [0.25, 0.3) is 16.9 Å². The quantitative estimate of drug-likeness (QED) is 0.672. The van der Waals surface area contributed by atoms with Gasteiger partial charge in [0.25, 0.3) is 0 Å². The van der Waals surface area contributed by atoms with Crippen LogP contribution in [-0.2, 0) is 6.18 Å². The van der Waals surface area contributed by atoms with Gasteiger partial charge in [-0.2, -0.15) is 13.2 Å². The van der Waals surface area contributed by atoms with Crippen molar-refractivity contribution >= 4 is 11.9 Å². The molecule has 0 unspecified atom stereocenters. The third kappa shape index (κ3) is 2.40. The zero-order chi connectivity index (χ0) is 15.0. The second-order valence-corrected chi connectivity index (χ2v) is 4.52. The fourth-order valence-corrected chi connectivity index (χ4v) is 2.11. The molecule has 0 N–H and O–H groups in total. The van der Waals surface area contributed by atoms with Gasteiger partial charge in [0.05, 0.1) is 16.8 Å². The second-order valence-electron chi connectivity index (χ2n) is 4.52. The molecule has 0 aliphatic rings. The van der Waals surface area contributed by atoms with Gasteiger partial charge in [-0.25, -0.2) is 4.98 Å². The Morgan fingerprint density at radius 3 is 2.43 bits per heavy atom. The van der Waals surface area contributed by atoms with Crippen molar-refractivity contribution < 1.29 is 18.0 Å². The van der Waals surface area contributed by atoms with E-state index in [-0.39, 0.29) is 11.2 Å². The molecule has 0 fully saturated rings. The minimum Gasteiger partial charge on any atom is -0.305 e. The fraction of sp³-hybridized carbons (Fsp3) is 0.0667. The maximum absolute atomic E-state index is 12.8. The molecule has 106 valence electrons. The molecule has 3 rings (SSSR count). The van der Waals surface area contributed by atoms with Crippen molar-refractivity contribution in [2.24, 2.45) is 0 Å². The highest BCUT2D eigenvalue weighted by Gasteiger charge is 2.32. The molecular formula is C15H9F3N2O. The summed E-state index contributed by atoms with van der Waals surface area (Å²) >= 11 is 0. The smallest absolute Gasteiger partial charge is 0.305 e. The number of imidazole rings is 1. The van der Waals surface area contributed by atoms with Crippen molar-refractivity contribution in [1.82, 2.24) is 9.38 Å². The van der Waals surface area contributed by atoms with E-state index in [1.807, 2.05) is 6.07 Å². The number of rotatable bonds is 2. The van der Waals surface area contributed by atoms with Crippen LogP contribution < -0.4 is 0 Å². The van der Waals surface area contributed by atoms with Crippen molar-refractivity contribution in [3.63, 3.8) is 0 Å². The number of pyridine rings is 1. The zero-order valence-electron chi connectivity index (χ0n) is 10.6. The van der Waals surface area contributed by atoms with Crippen LogP contribution in [0.15, 0.2) is 48.8 Å². The number of fused-ring (bicyclic) bond motifs is 1. The Labute approximate surface area is 117 Å². The van der Waals surface area contributed by atoms with E-state index in [1.54, 1.807) is 24.3 Å². The van der Waals surface area contributed by atoms with Crippen molar-refractivity contribution in [3.05, 3.63) is 59.9 Å².